The Balaban J connectivity index is 1.91. The molecule has 7 heteroatoms. The van der Waals surface area contributed by atoms with Gasteiger partial charge in [0.25, 0.3) is 0 Å². The Hall–Kier alpha value is -2.80. The number of nitrogens with zero attached hydrogens (tertiary/aromatic N) is 3. The van der Waals surface area contributed by atoms with Gasteiger partial charge in [-0.1, -0.05) is 19.1 Å². The highest BCUT2D eigenvalue weighted by Crippen LogP contribution is 2.51. The summed E-state index contributed by atoms with van der Waals surface area (Å²) >= 11 is 1.62. The van der Waals surface area contributed by atoms with E-state index in [0.717, 1.165) is 34.9 Å². The minimum absolute atomic E-state index is 0.00182. The van der Waals surface area contributed by atoms with Gasteiger partial charge in [0.1, 0.15) is 10.8 Å². The van der Waals surface area contributed by atoms with Crippen molar-refractivity contribution in [1.29, 1.82) is 0 Å². The molecule has 4 heterocycles. The van der Waals surface area contributed by atoms with Crippen LogP contribution in [0.1, 0.15) is 66.3 Å². The number of carbonyl (C=O) groups is 2. The number of fused-ring (bicyclic) bond motifs is 3. The monoisotopic (exact) mass is 465 g/mol. The molecule has 2 aliphatic heterocycles. The molecule has 0 aliphatic carbocycles. The first-order valence-electron chi connectivity index (χ1n) is 11.5. The highest BCUT2D eigenvalue weighted by Gasteiger charge is 2.46. The lowest BCUT2D eigenvalue weighted by molar-refractivity contribution is -0.118. The van der Waals surface area contributed by atoms with Crippen LogP contribution in [0, 0.1) is 18.7 Å². The molecule has 2 aromatic heterocycles. The molecule has 3 aromatic rings. The highest BCUT2D eigenvalue weighted by atomic mass is 32.1. The third-order valence-electron chi connectivity index (χ3n) is 7.20. The van der Waals surface area contributed by atoms with Crippen LogP contribution in [0.5, 0.6) is 0 Å². The van der Waals surface area contributed by atoms with Gasteiger partial charge in [0.2, 0.25) is 5.91 Å². The fourth-order valence-electron chi connectivity index (χ4n) is 5.42. The number of amides is 1. The van der Waals surface area contributed by atoms with E-state index in [-0.39, 0.29) is 23.4 Å². The molecular formula is C26H28FN3O2S. The first-order chi connectivity index (χ1) is 15.7. The number of ketones is 1. The van der Waals surface area contributed by atoms with E-state index >= 15 is 0 Å². The van der Waals surface area contributed by atoms with Crippen LogP contribution in [0.4, 0.5) is 10.1 Å². The van der Waals surface area contributed by atoms with E-state index < -0.39 is 5.41 Å². The van der Waals surface area contributed by atoms with Crippen molar-refractivity contribution in [1.82, 2.24) is 9.55 Å². The first-order valence-corrected chi connectivity index (χ1v) is 12.4. The van der Waals surface area contributed by atoms with E-state index in [2.05, 4.69) is 11.5 Å². The molecule has 5 nitrogen and oxygen atoms in total. The van der Waals surface area contributed by atoms with Crippen LogP contribution in [-0.4, -0.2) is 28.3 Å². The molecule has 33 heavy (non-hydrogen) atoms. The molecule has 1 aromatic carbocycles. The molecule has 172 valence electrons. The van der Waals surface area contributed by atoms with Gasteiger partial charge in [0, 0.05) is 42.6 Å². The minimum atomic E-state index is -0.454. The second-order valence-corrected chi connectivity index (χ2v) is 10.4. The molecule has 2 unspecified atom stereocenters. The molecule has 0 saturated heterocycles. The topological polar surface area (TPSA) is 55.2 Å². The van der Waals surface area contributed by atoms with Gasteiger partial charge in [-0.3, -0.25) is 9.59 Å². The number of carbonyl (C=O) groups excluding carboxylic acids is 2. The van der Waals surface area contributed by atoms with Gasteiger partial charge in [-0.15, -0.1) is 11.3 Å². The lowest BCUT2D eigenvalue weighted by Gasteiger charge is -2.36. The van der Waals surface area contributed by atoms with Gasteiger partial charge in [-0.25, -0.2) is 9.37 Å². The summed E-state index contributed by atoms with van der Waals surface area (Å²) in [6, 6.07) is 6.43. The largest absolute Gasteiger partial charge is 0.341 e. The number of aryl methyl sites for hydroxylation is 1. The zero-order chi connectivity index (χ0) is 23.5. The molecule has 0 N–H and O–H groups in total. The molecule has 1 amide bonds. The van der Waals surface area contributed by atoms with Gasteiger partial charge in [-0.05, 0) is 45.2 Å². The third kappa shape index (κ3) is 3.36. The van der Waals surface area contributed by atoms with Crippen LogP contribution in [0.15, 0.2) is 29.6 Å². The SMILES string of the molecule is Cc1csc(C2(C)CCCn3c(-c4cccc(F)c4)c4c(c32)N(C)C(=O)CCC(C)C4=O)n1. The molecule has 0 spiro atoms. The summed E-state index contributed by atoms with van der Waals surface area (Å²) in [5.74, 6) is -0.616. The maximum atomic E-state index is 14.3. The Bertz CT molecular complexity index is 1280. The number of halogens is 1. The molecule has 0 saturated carbocycles. The molecule has 0 bridgehead atoms. The molecule has 0 radical (unpaired) electrons. The Labute approximate surface area is 197 Å². The first kappa shape index (κ1) is 22.0. The molecule has 0 fully saturated rings. The van der Waals surface area contributed by atoms with Gasteiger partial charge in [0.05, 0.1) is 28.1 Å². The quantitative estimate of drug-likeness (QED) is 0.485. The maximum absolute atomic E-state index is 14.3. The molecule has 2 aliphatic rings. The number of benzene rings is 1. The number of rotatable bonds is 2. The van der Waals surface area contributed by atoms with Crippen molar-refractivity contribution in [2.24, 2.45) is 5.92 Å². The number of anilines is 1. The van der Waals surface area contributed by atoms with Gasteiger partial charge >= 0.3 is 0 Å². The van der Waals surface area contributed by atoms with E-state index in [9.17, 15) is 14.0 Å². The van der Waals surface area contributed by atoms with Gasteiger partial charge < -0.3 is 9.47 Å². The summed E-state index contributed by atoms with van der Waals surface area (Å²) in [7, 11) is 1.77. The zero-order valence-electron chi connectivity index (χ0n) is 19.4. The predicted octanol–water partition coefficient (Wildman–Crippen LogP) is 5.73. The predicted molar refractivity (Wildman–Crippen MR) is 129 cm³/mol. The summed E-state index contributed by atoms with van der Waals surface area (Å²) in [6.07, 6.45) is 2.60. The Morgan fingerprint density at radius 2 is 2.06 bits per heavy atom. The van der Waals surface area contributed by atoms with Crippen LogP contribution >= 0.6 is 11.3 Å². The summed E-state index contributed by atoms with van der Waals surface area (Å²) in [6.45, 7) is 6.74. The zero-order valence-corrected chi connectivity index (χ0v) is 20.3. The second-order valence-electron chi connectivity index (χ2n) is 9.57. The van der Waals surface area contributed by atoms with E-state index in [1.807, 2.05) is 25.3 Å². The Morgan fingerprint density at radius 3 is 2.76 bits per heavy atom. The van der Waals surface area contributed by atoms with Crippen molar-refractivity contribution < 1.29 is 14.0 Å². The Kier molecular flexibility index (Phi) is 5.27. The van der Waals surface area contributed by atoms with Crippen molar-refractivity contribution in [2.45, 2.75) is 58.4 Å². The summed E-state index contributed by atoms with van der Waals surface area (Å²) in [4.78, 5) is 33.5. The normalized spacial score (nSPS) is 23.2. The Morgan fingerprint density at radius 1 is 1.27 bits per heavy atom. The standard InChI is InChI=1S/C26H28FN3O2S/c1-15-9-10-19(31)29(4)22-20(23(15)32)21(17-7-5-8-18(27)13-17)30-12-6-11-26(3,24(22)30)25-28-16(2)14-33-25/h5,7-8,13-15H,6,9-12H2,1-4H3. The minimum Gasteiger partial charge on any atom is -0.341 e. The van der Waals surface area contributed by atoms with E-state index in [0.29, 0.717) is 36.2 Å². The number of Topliss-reactive ketones (excluding diaryl/α,β-unsaturated/α-hetero) is 1. The van der Waals surface area contributed by atoms with E-state index in [4.69, 9.17) is 4.98 Å². The molecular weight excluding hydrogens is 437 g/mol. The average molecular weight is 466 g/mol. The summed E-state index contributed by atoms with van der Waals surface area (Å²) in [5.41, 5.74) is 4.05. The number of hydrogen-bond acceptors (Lipinski definition) is 4. The van der Waals surface area contributed by atoms with Crippen molar-refractivity contribution in [3.05, 3.63) is 57.4 Å². The van der Waals surface area contributed by atoms with Crippen LogP contribution in [0.25, 0.3) is 11.3 Å². The summed E-state index contributed by atoms with van der Waals surface area (Å²) < 4.78 is 16.5. The van der Waals surface area contributed by atoms with Crippen LogP contribution in [0.2, 0.25) is 0 Å². The number of thiazole rings is 1. The summed E-state index contributed by atoms with van der Waals surface area (Å²) in [5, 5.41) is 3.03. The van der Waals surface area contributed by atoms with E-state index in [1.54, 1.807) is 29.4 Å². The van der Waals surface area contributed by atoms with Gasteiger partial charge in [0.15, 0.2) is 5.78 Å². The van der Waals surface area contributed by atoms with Crippen LogP contribution in [-0.2, 0) is 16.8 Å². The van der Waals surface area contributed by atoms with Crippen LogP contribution < -0.4 is 4.90 Å². The van der Waals surface area contributed by atoms with E-state index in [1.165, 1.54) is 12.1 Å². The van der Waals surface area contributed by atoms with Crippen molar-refractivity contribution in [2.75, 3.05) is 11.9 Å². The second kappa shape index (κ2) is 7.90. The van der Waals surface area contributed by atoms with Crippen LogP contribution in [0.3, 0.4) is 0 Å². The lowest BCUT2D eigenvalue weighted by Crippen LogP contribution is -2.36. The highest BCUT2D eigenvalue weighted by molar-refractivity contribution is 7.09. The van der Waals surface area contributed by atoms with Crippen molar-refractivity contribution >= 4 is 28.7 Å². The molecule has 5 rings (SSSR count). The smallest absolute Gasteiger partial charge is 0.226 e. The lowest BCUT2D eigenvalue weighted by atomic mass is 9.78. The van der Waals surface area contributed by atoms with Gasteiger partial charge in [-0.2, -0.15) is 0 Å². The number of aromatic nitrogens is 2. The average Bonchev–Trinajstić information content (AvgIpc) is 3.38. The third-order valence-corrected chi connectivity index (χ3v) is 8.43. The fraction of sp³-hybridized carbons (Fsp3) is 0.423. The van der Waals surface area contributed by atoms with Crippen molar-refractivity contribution in [3.63, 3.8) is 0 Å². The maximum Gasteiger partial charge on any atom is 0.226 e. The number of hydrogen-bond donors (Lipinski definition) is 0. The fourth-order valence-corrected chi connectivity index (χ4v) is 6.41. The van der Waals surface area contributed by atoms with Crippen molar-refractivity contribution in [3.8, 4) is 11.3 Å². The molecule has 2 atom stereocenters.